The van der Waals surface area contributed by atoms with Crippen LogP contribution in [-0.2, 0) is 19.7 Å². The van der Waals surface area contributed by atoms with E-state index in [1.165, 1.54) is 11.1 Å². The third-order valence-corrected chi connectivity index (χ3v) is 5.73. The fourth-order valence-electron chi connectivity index (χ4n) is 3.56. The van der Waals surface area contributed by atoms with Gasteiger partial charge in [-0.05, 0) is 36.2 Å². The molecule has 186 valence electrons. The molecule has 1 aliphatic rings. The fourth-order valence-corrected chi connectivity index (χ4v) is 3.56. The summed E-state index contributed by atoms with van der Waals surface area (Å²) in [4.78, 5) is 20.6. The molecule has 1 fully saturated rings. The van der Waals surface area contributed by atoms with Crippen molar-refractivity contribution in [3.05, 3.63) is 65.7 Å². The summed E-state index contributed by atoms with van der Waals surface area (Å²) in [5.74, 6) is -2.70. The van der Waals surface area contributed by atoms with E-state index in [2.05, 4.69) is 78.7 Å². The van der Waals surface area contributed by atoms with Gasteiger partial charge in [0.25, 0.3) is 0 Å². The van der Waals surface area contributed by atoms with Crippen molar-refractivity contribution in [2.75, 3.05) is 52.5 Å². The van der Waals surface area contributed by atoms with Gasteiger partial charge in [-0.3, -0.25) is 4.90 Å². The van der Waals surface area contributed by atoms with Gasteiger partial charge in [0, 0.05) is 31.6 Å². The molecule has 0 spiro atoms. The number of hydrogen-bond acceptors (Lipinski definition) is 6. The molecule has 1 saturated heterocycles. The summed E-state index contributed by atoms with van der Waals surface area (Å²) >= 11 is 0. The number of rotatable bonds is 10. The lowest BCUT2D eigenvalue weighted by molar-refractivity contribution is -0.159. The summed E-state index contributed by atoms with van der Waals surface area (Å²) in [6.07, 6.45) is 1.01. The molecule has 8 heteroatoms. The second kappa shape index (κ2) is 14.3. The maximum absolute atomic E-state index is 9.10. The largest absolute Gasteiger partial charge is 0.494 e. The van der Waals surface area contributed by atoms with Crippen molar-refractivity contribution >= 4 is 11.9 Å². The van der Waals surface area contributed by atoms with Gasteiger partial charge >= 0.3 is 11.9 Å². The summed E-state index contributed by atoms with van der Waals surface area (Å²) in [6, 6.07) is 19.2. The highest BCUT2D eigenvalue weighted by Gasteiger charge is 2.22. The Labute approximate surface area is 201 Å². The summed E-state index contributed by atoms with van der Waals surface area (Å²) in [7, 11) is 0. The van der Waals surface area contributed by atoms with Crippen LogP contribution in [0.1, 0.15) is 31.4 Å². The molecule has 0 radical (unpaired) electrons. The number of carboxylic acids is 2. The average molecular weight is 473 g/mol. The van der Waals surface area contributed by atoms with E-state index < -0.39 is 11.9 Å². The molecule has 0 saturated carbocycles. The molecular formula is C26H36N2O6. The molecule has 1 aliphatic heterocycles. The van der Waals surface area contributed by atoms with Crippen LogP contribution in [0, 0.1) is 0 Å². The van der Waals surface area contributed by atoms with Crippen LogP contribution >= 0.6 is 0 Å². The van der Waals surface area contributed by atoms with E-state index >= 15 is 0 Å². The van der Waals surface area contributed by atoms with E-state index in [9.17, 15) is 0 Å². The second-order valence-electron chi connectivity index (χ2n) is 8.53. The van der Waals surface area contributed by atoms with E-state index in [1.807, 2.05) is 0 Å². The molecule has 0 atom stereocenters. The van der Waals surface area contributed by atoms with E-state index in [0.717, 1.165) is 64.7 Å². The monoisotopic (exact) mass is 472 g/mol. The number of aliphatic carboxylic acids is 2. The van der Waals surface area contributed by atoms with Gasteiger partial charge in [0.15, 0.2) is 0 Å². The summed E-state index contributed by atoms with van der Waals surface area (Å²) in [5, 5.41) is 18.3. The first-order valence-corrected chi connectivity index (χ1v) is 11.6. The van der Waals surface area contributed by atoms with Gasteiger partial charge < -0.3 is 25.0 Å². The topological polar surface area (TPSA) is 108 Å². The molecular weight excluding hydrogens is 436 g/mol. The highest BCUT2D eigenvalue weighted by Crippen LogP contribution is 2.32. The highest BCUT2D eigenvalue weighted by atomic mass is 16.5. The zero-order chi connectivity index (χ0) is 24.8. The number of nitrogens with one attached hydrogen (secondary N) is 1. The Balaban J connectivity index is 0.000000604. The SMILES string of the molecule is CC(C)(c1ccccc1)c1ccc(OCCCNCCN2CCOCC2)cc1.O=C(O)C(=O)O. The molecule has 2 aromatic rings. The minimum Gasteiger partial charge on any atom is -0.494 e. The fraction of sp³-hybridized carbons (Fsp3) is 0.462. The van der Waals surface area contributed by atoms with Crippen LogP contribution in [0.4, 0.5) is 0 Å². The van der Waals surface area contributed by atoms with Crippen LogP contribution in [-0.4, -0.2) is 79.6 Å². The van der Waals surface area contributed by atoms with Gasteiger partial charge in [0.05, 0.1) is 19.8 Å². The number of nitrogens with zero attached hydrogens (tertiary/aromatic N) is 1. The minimum absolute atomic E-state index is 0.00973. The van der Waals surface area contributed by atoms with E-state index in [0.29, 0.717) is 0 Å². The Morgan fingerprint density at radius 3 is 2.12 bits per heavy atom. The van der Waals surface area contributed by atoms with Gasteiger partial charge in [-0.2, -0.15) is 0 Å². The number of ether oxygens (including phenoxy) is 2. The minimum atomic E-state index is -1.82. The zero-order valence-corrected chi connectivity index (χ0v) is 20.0. The van der Waals surface area contributed by atoms with Gasteiger partial charge in [-0.25, -0.2) is 9.59 Å². The molecule has 3 rings (SSSR count). The summed E-state index contributed by atoms with van der Waals surface area (Å²) < 4.78 is 11.3. The first kappa shape index (κ1) is 27.3. The number of carbonyl (C=O) groups is 2. The van der Waals surface area contributed by atoms with Gasteiger partial charge in [-0.15, -0.1) is 0 Å². The number of morpholine rings is 1. The van der Waals surface area contributed by atoms with Gasteiger partial charge in [0.1, 0.15) is 5.75 Å². The Morgan fingerprint density at radius 1 is 0.941 bits per heavy atom. The van der Waals surface area contributed by atoms with E-state index in [4.69, 9.17) is 29.3 Å². The quantitative estimate of drug-likeness (QED) is 0.358. The Kier molecular flexibility index (Phi) is 11.5. The van der Waals surface area contributed by atoms with E-state index in [-0.39, 0.29) is 5.41 Å². The summed E-state index contributed by atoms with van der Waals surface area (Å²) in [5.41, 5.74) is 2.62. The molecule has 1 heterocycles. The number of hydrogen-bond donors (Lipinski definition) is 3. The molecule has 2 aromatic carbocycles. The Bertz CT molecular complexity index is 853. The smallest absolute Gasteiger partial charge is 0.414 e. The van der Waals surface area contributed by atoms with Crippen molar-refractivity contribution < 1.29 is 29.3 Å². The molecule has 8 nitrogen and oxygen atoms in total. The van der Waals surface area contributed by atoms with Crippen LogP contribution in [0.25, 0.3) is 0 Å². The average Bonchev–Trinajstić information content (AvgIpc) is 2.85. The maximum Gasteiger partial charge on any atom is 0.414 e. The second-order valence-corrected chi connectivity index (χ2v) is 8.53. The lowest BCUT2D eigenvalue weighted by Crippen LogP contribution is -2.40. The standard InChI is InChI=1S/C24H34N2O2.C2H2O4/c1-24(2,21-7-4-3-5-8-21)22-9-11-23(12-10-22)28-18-6-13-25-14-15-26-16-19-27-20-17-26;3-1(4)2(5)6/h3-5,7-12,25H,6,13-20H2,1-2H3;(H,3,4)(H,5,6). The van der Waals surface area contributed by atoms with Crippen LogP contribution in [0.15, 0.2) is 54.6 Å². The lowest BCUT2D eigenvalue weighted by atomic mass is 9.78. The first-order valence-electron chi connectivity index (χ1n) is 11.6. The van der Waals surface area contributed by atoms with Crippen LogP contribution in [0.5, 0.6) is 5.75 Å². The predicted molar refractivity (Wildman–Crippen MR) is 131 cm³/mol. The lowest BCUT2D eigenvalue weighted by Gasteiger charge is -2.26. The Morgan fingerprint density at radius 2 is 1.53 bits per heavy atom. The van der Waals surface area contributed by atoms with E-state index in [1.54, 1.807) is 0 Å². The highest BCUT2D eigenvalue weighted by molar-refractivity contribution is 6.27. The van der Waals surface area contributed by atoms with Crippen molar-refractivity contribution in [2.24, 2.45) is 0 Å². The van der Waals surface area contributed by atoms with Crippen molar-refractivity contribution in [1.82, 2.24) is 10.2 Å². The van der Waals surface area contributed by atoms with Gasteiger partial charge in [-0.1, -0.05) is 56.3 Å². The van der Waals surface area contributed by atoms with Crippen LogP contribution in [0.3, 0.4) is 0 Å². The molecule has 34 heavy (non-hydrogen) atoms. The number of benzene rings is 2. The van der Waals surface area contributed by atoms with Crippen LogP contribution in [0.2, 0.25) is 0 Å². The third kappa shape index (κ3) is 9.51. The van der Waals surface area contributed by atoms with Crippen molar-refractivity contribution in [3.63, 3.8) is 0 Å². The molecule has 0 unspecified atom stereocenters. The molecule has 3 N–H and O–H groups in total. The van der Waals surface area contributed by atoms with Crippen molar-refractivity contribution in [3.8, 4) is 5.75 Å². The molecule has 0 amide bonds. The molecule has 0 bridgehead atoms. The zero-order valence-electron chi connectivity index (χ0n) is 20.0. The van der Waals surface area contributed by atoms with Crippen molar-refractivity contribution in [2.45, 2.75) is 25.7 Å². The van der Waals surface area contributed by atoms with Crippen molar-refractivity contribution in [1.29, 1.82) is 0 Å². The summed E-state index contributed by atoms with van der Waals surface area (Å²) in [6.45, 7) is 12.2. The maximum atomic E-state index is 9.10. The molecule has 0 aromatic heterocycles. The van der Waals surface area contributed by atoms with Crippen LogP contribution < -0.4 is 10.1 Å². The number of carboxylic acid groups (broad SMARTS) is 2. The van der Waals surface area contributed by atoms with Gasteiger partial charge in [0.2, 0.25) is 0 Å². The first-order chi connectivity index (χ1) is 16.3. The Hall–Kier alpha value is -2.94. The third-order valence-electron chi connectivity index (χ3n) is 5.73. The molecule has 0 aliphatic carbocycles. The normalized spacial score (nSPS) is 14.1. The predicted octanol–water partition coefficient (Wildman–Crippen LogP) is 2.86.